The molecule has 1 aromatic heterocycles. The van der Waals surface area contributed by atoms with Gasteiger partial charge < -0.3 is 20.3 Å². The predicted octanol–water partition coefficient (Wildman–Crippen LogP) is 4.43. The molecule has 8 heteroatoms. The van der Waals surface area contributed by atoms with Crippen LogP contribution in [0.1, 0.15) is 28.7 Å². The normalized spacial score (nSPS) is 14.5. The molecule has 2 aromatic carbocycles. The first kappa shape index (κ1) is 21.8. The van der Waals surface area contributed by atoms with Gasteiger partial charge >= 0.3 is 6.09 Å². The summed E-state index contributed by atoms with van der Waals surface area (Å²) >= 11 is 9.12. The van der Waals surface area contributed by atoms with Gasteiger partial charge in [0, 0.05) is 28.7 Å². The zero-order chi connectivity index (χ0) is 22.0. The zero-order valence-corrected chi connectivity index (χ0v) is 18.7. The summed E-state index contributed by atoms with van der Waals surface area (Å²) in [5, 5.41) is 23.3. The van der Waals surface area contributed by atoms with Gasteiger partial charge in [0.1, 0.15) is 24.0 Å². The molecule has 1 aliphatic carbocycles. The van der Waals surface area contributed by atoms with E-state index in [4.69, 9.17) is 16.3 Å². The van der Waals surface area contributed by atoms with Crippen molar-refractivity contribution in [2.75, 3.05) is 13.2 Å². The number of aliphatic hydroxyl groups excluding tert-OH is 2. The summed E-state index contributed by atoms with van der Waals surface area (Å²) in [5.41, 5.74) is 4.90. The molecule has 6 nitrogen and oxygen atoms in total. The number of pyridine rings is 1. The van der Waals surface area contributed by atoms with Crippen molar-refractivity contribution in [2.24, 2.45) is 0 Å². The lowest BCUT2D eigenvalue weighted by Gasteiger charge is -2.20. The third-order valence-electron chi connectivity index (χ3n) is 5.33. The topological polar surface area (TPSA) is 91.7 Å². The summed E-state index contributed by atoms with van der Waals surface area (Å²) < 4.78 is 5.94. The molecule has 3 N–H and O–H groups in total. The van der Waals surface area contributed by atoms with Crippen LogP contribution >= 0.6 is 27.5 Å². The van der Waals surface area contributed by atoms with Crippen LogP contribution in [0.5, 0.6) is 0 Å². The highest BCUT2D eigenvalue weighted by atomic mass is 79.9. The summed E-state index contributed by atoms with van der Waals surface area (Å²) in [6, 6.07) is 17.6. The first-order valence-electron chi connectivity index (χ1n) is 9.71. The van der Waals surface area contributed by atoms with Crippen LogP contribution in [0.2, 0.25) is 5.15 Å². The first-order chi connectivity index (χ1) is 15.0. The van der Waals surface area contributed by atoms with E-state index in [1.54, 1.807) is 0 Å². The molecule has 160 valence electrons. The van der Waals surface area contributed by atoms with Crippen LogP contribution in [-0.2, 0) is 4.74 Å². The number of aromatic nitrogens is 1. The van der Waals surface area contributed by atoms with Gasteiger partial charge in [0.05, 0.1) is 0 Å². The molecule has 4 rings (SSSR count). The molecule has 0 saturated heterocycles. The molecule has 0 aliphatic heterocycles. The molecule has 1 amide bonds. The third kappa shape index (κ3) is 4.60. The van der Waals surface area contributed by atoms with Crippen molar-refractivity contribution in [1.82, 2.24) is 10.3 Å². The van der Waals surface area contributed by atoms with E-state index < -0.39 is 18.3 Å². The molecule has 1 aliphatic rings. The van der Waals surface area contributed by atoms with Crippen molar-refractivity contribution in [3.8, 4) is 11.1 Å². The summed E-state index contributed by atoms with van der Waals surface area (Å²) in [6.07, 6.45) is -1.74. The van der Waals surface area contributed by atoms with Crippen molar-refractivity contribution in [2.45, 2.75) is 18.1 Å². The molecule has 1 heterocycles. The number of nitrogens with zero attached hydrogens (tertiary/aromatic N) is 1. The van der Waals surface area contributed by atoms with Crippen molar-refractivity contribution >= 4 is 33.6 Å². The number of carbonyl (C=O) groups is 1. The number of hydrogen-bond donors (Lipinski definition) is 3. The van der Waals surface area contributed by atoms with Gasteiger partial charge in [-0.15, -0.1) is 0 Å². The largest absolute Gasteiger partial charge is 0.449 e. The predicted molar refractivity (Wildman–Crippen MR) is 121 cm³/mol. The minimum atomic E-state index is -1.26. The lowest BCUT2D eigenvalue weighted by atomic mass is 9.98. The molecule has 0 bridgehead atoms. The van der Waals surface area contributed by atoms with Crippen LogP contribution in [0.15, 0.2) is 65.3 Å². The Kier molecular flexibility index (Phi) is 6.57. The van der Waals surface area contributed by atoms with E-state index in [0.717, 1.165) is 22.3 Å². The minimum Gasteiger partial charge on any atom is -0.449 e. The number of benzene rings is 2. The number of alkyl carbamates (subject to hydrolysis) is 1. The highest BCUT2D eigenvalue weighted by molar-refractivity contribution is 9.10. The highest BCUT2D eigenvalue weighted by Crippen LogP contribution is 2.44. The molecular weight excluding hydrogens is 484 g/mol. The summed E-state index contributed by atoms with van der Waals surface area (Å²) in [4.78, 5) is 16.1. The Morgan fingerprint density at radius 2 is 1.74 bits per heavy atom. The number of ether oxygens (including phenoxy) is 1. The quantitative estimate of drug-likeness (QED) is 0.433. The van der Waals surface area contributed by atoms with Gasteiger partial charge in [0.15, 0.2) is 0 Å². The average Bonchev–Trinajstić information content (AvgIpc) is 3.11. The summed E-state index contributed by atoms with van der Waals surface area (Å²) in [7, 11) is 0. The second-order valence-electron chi connectivity index (χ2n) is 7.25. The highest BCUT2D eigenvalue weighted by Gasteiger charge is 2.29. The van der Waals surface area contributed by atoms with Crippen molar-refractivity contribution in [3.05, 3.63) is 87.1 Å². The Bertz CT molecular complexity index is 1060. The Balaban J connectivity index is 1.35. The maximum atomic E-state index is 12.2. The first-order valence-corrected chi connectivity index (χ1v) is 10.9. The van der Waals surface area contributed by atoms with E-state index in [1.807, 2.05) is 36.4 Å². The Labute approximate surface area is 193 Å². The van der Waals surface area contributed by atoms with Gasteiger partial charge in [-0.3, -0.25) is 0 Å². The fourth-order valence-electron chi connectivity index (χ4n) is 3.81. The summed E-state index contributed by atoms with van der Waals surface area (Å²) in [5.74, 6) is -0.0522. The SMILES string of the molecule is O=C(NCC(O)C(O)c1cc(Cl)ncc1Br)OCC1c2ccccc2-c2ccccc21. The van der Waals surface area contributed by atoms with Crippen LogP contribution in [0, 0.1) is 0 Å². The number of fused-ring (bicyclic) bond motifs is 3. The number of halogens is 2. The summed E-state index contributed by atoms with van der Waals surface area (Å²) in [6.45, 7) is -0.0196. The third-order valence-corrected chi connectivity index (χ3v) is 6.20. The Morgan fingerprint density at radius 3 is 2.39 bits per heavy atom. The van der Waals surface area contributed by atoms with Gasteiger partial charge in [-0.05, 0) is 44.3 Å². The number of aliphatic hydroxyl groups is 2. The van der Waals surface area contributed by atoms with Crippen LogP contribution in [0.25, 0.3) is 11.1 Å². The molecule has 0 radical (unpaired) electrons. The smallest absolute Gasteiger partial charge is 0.407 e. The number of nitrogens with one attached hydrogen (secondary N) is 1. The van der Waals surface area contributed by atoms with E-state index in [9.17, 15) is 15.0 Å². The van der Waals surface area contributed by atoms with Crippen LogP contribution in [0.3, 0.4) is 0 Å². The van der Waals surface area contributed by atoms with Crippen LogP contribution < -0.4 is 5.32 Å². The van der Waals surface area contributed by atoms with Crippen LogP contribution in [0.4, 0.5) is 4.79 Å². The van der Waals surface area contributed by atoms with Gasteiger partial charge in [0.25, 0.3) is 0 Å². The Morgan fingerprint density at radius 1 is 1.13 bits per heavy atom. The molecule has 31 heavy (non-hydrogen) atoms. The molecule has 0 spiro atoms. The maximum Gasteiger partial charge on any atom is 0.407 e. The molecule has 0 saturated carbocycles. The van der Waals surface area contributed by atoms with E-state index in [1.165, 1.54) is 12.3 Å². The number of hydrogen-bond acceptors (Lipinski definition) is 5. The lowest BCUT2D eigenvalue weighted by Crippen LogP contribution is -2.36. The fraction of sp³-hybridized carbons (Fsp3) is 0.217. The fourth-order valence-corrected chi connectivity index (χ4v) is 4.43. The molecule has 0 fully saturated rings. The second-order valence-corrected chi connectivity index (χ2v) is 8.49. The lowest BCUT2D eigenvalue weighted by molar-refractivity contribution is 0.0181. The van der Waals surface area contributed by atoms with E-state index in [2.05, 4.69) is 38.4 Å². The minimum absolute atomic E-state index is 0.0522. The molecular formula is C23H20BrClN2O4. The number of carbonyl (C=O) groups excluding carboxylic acids is 1. The molecule has 2 unspecified atom stereocenters. The van der Waals surface area contributed by atoms with Gasteiger partial charge in [-0.2, -0.15) is 0 Å². The number of rotatable bonds is 6. The van der Waals surface area contributed by atoms with Gasteiger partial charge in [0.2, 0.25) is 0 Å². The Hall–Kier alpha value is -2.45. The van der Waals surface area contributed by atoms with Crippen molar-refractivity contribution < 1.29 is 19.7 Å². The molecule has 2 atom stereocenters. The molecule has 3 aromatic rings. The van der Waals surface area contributed by atoms with Crippen molar-refractivity contribution in [1.29, 1.82) is 0 Å². The van der Waals surface area contributed by atoms with Gasteiger partial charge in [-0.1, -0.05) is 60.1 Å². The van der Waals surface area contributed by atoms with E-state index >= 15 is 0 Å². The standard InChI is InChI=1S/C23H20BrClN2O4/c24-19-10-26-21(25)9-17(19)22(29)20(28)11-27-23(30)31-12-18-15-7-3-1-5-13(15)14-6-2-4-8-16(14)18/h1-10,18,20,22,28-29H,11-12H2,(H,27,30). The van der Waals surface area contributed by atoms with E-state index in [-0.39, 0.29) is 24.2 Å². The second kappa shape index (κ2) is 9.36. The zero-order valence-electron chi connectivity index (χ0n) is 16.3. The average molecular weight is 504 g/mol. The number of amides is 1. The van der Waals surface area contributed by atoms with Crippen molar-refractivity contribution in [3.63, 3.8) is 0 Å². The van der Waals surface area contributed by atoms with Gasteiger partial charge in [-0.25, -0.2) is 9.78 Å². The monoisotopic (exact) mass is 502 g/mol. The van der Waals surface area contributed by atoms with Crippen LogP contribution in [-0.4, -0.2) is 40.5 Å². The van der Waals surface area contributed by atoms with E-state index in [0.29, 0.717) is 10.0 Å². The maximum absolute atomic E-state index is 12.2.